The third-order valence-electron chi connectivity index (χ3n) is 3.61. The van der Waals surface area contributed by atoms with Gasteiger partial charge in [-0.25, -0.2) is 0 Å². The number of hydrogen-bond acceptors (Lipinski definition) is 2. The van der Waals surface area contributed by atoms with E-state index in [1.807, 2.05) is 0 Å². The summed E-state index contributed by atoms with van der Waals surface area (Å²) in [5, 5.41) is 18.0. The molecule has 5 heteroatoms. The summed E-state index contributed by atoms with van der Waals surface area (Å²) in [4.78, 5) is 21.9. The number of carbonyl (C=O) groups is 2. The minimum absolute atomic E-state index is 0. The van der Waals surface area contributed by atoms with Gasteiger partial charge in [-0.05, 0) is 31.1 Å². The largest absolute Gasteiger partial charge is 1.00 e. The molecule has 0 aromatic heterocycles. The van der Waals surface area contributed by atoms with Gasteiger partial charge in [-0.3, -0.25) is 9.59 Å². The maximum absolute atomic E-state index is 11.0. The van der Waals surface area contributed by atoms with Crippen LogP contribution in [0.5, 0.6) is 0 Å². The maximum atomic E-state index is 11.0. The third kappa shape index (κ3) is 1.40. The molecule has 0 aliphatic heterocycles. The Morgan fingerprint density at radius 1 is 1.21 bits per heavy atom. The fourth-order valence-electron chi connectivity index (χ4n) is 2.95. The predicted molar refractivity (Wildman–Crippen MR) is 44.3 cm³/mol. The van der Waals surface area contributed by atoms with Crippen LogP contribution < -0.4 is 29.6 Å². The molecular formula is C9H13NaO4. The van der Waals surface area contributed by atoms with Crippen molar-refractivity contribution in [3.05, 3.63) is 0 Å². The van der Waals surface area contributed by atoms with E-state index in [4.69, 9.17) is 10.2 Å². The van der Waals surface area contributed by atoms with Gasteiger partial charge in [0.2, 0.25) is 0 Å². The van der Waals surface area contributed by atoms with E-state index in [9.17, 15) is 9.59 Å². The number of carboxylic acid groups (broad SMARTS) is 2. The van der Waals surface area contributed by atoms with Crippen LogP contribution in [-0.2, 0) is 9.59 Å². The fraction of sp³-hybridized carbons (Fsp3) is 0.778. The van der Waals surface area contributed by atoms with Gasteiger partial charge < -0.3 is 11.6 Å². The molecule has 0 saturated heterocycles. The second-order valence-corrected chi connectivity index (χ2v) is 4.16. The first-order valence-corrected chi connectivity index (χ1v) is 4.54. The Morgan fingerprint density at radius 3 is 2.00 bits per heavy atom. The van der Waals surface area contributed by atoms with Gasteiger partial charge in [0.05, 0.1) is 0 Å². The first-order valence-electron chi connectivity index (χ1n) is 4.54. The number of hydrogen-bond donors (Lipinski definition) is 2. The molecule has 74 valence electrons. The second kappa shape index (κ2) is 3.83. The SMILES string of the molecule is O=C(O)C1(C(=O)O)CC2CCC1C2.[H-].[Na+]. The van der Waals surface area contributed by atoms with Crippen LogP contribution in [0.4, 0.5) is 0 Å². The Labute approximate surface area is 105 Å². The van der Waals surface area contributed by atoms with E-state index in [2.05, 4.69) is 0 Å². The summed E-state index contributed by atoms with van der Waals surface area (Å²) < 4.78 is 0. The standard InChI is InChI=1S/C9H12O4.Na.H/c10-7(11)9(8(12)13)4-5-1-2-6(9)3-5;;/h5-6H,1-4H2,(H,10,11)(H,12,13);;/q;+1;-1. The van der Waals surface area contributed by atoms with Gasteiger partial charge in [-0.15, -0.1) is 0 Å². The van der Waals surface area contributed by atoms with Gasteiger partial charge in [0.1, 0.15) is 0 Å². The molecular weight excluding hydrogens is 195 g/mol. The molecule has 2 fully saturated rings. The molecule has 2 atom stereocenters. The molecule has 0 aromatic rings. The first kappa shape index (κ1) is 12.0. The summed E-state index contributed by atoms with van der Waals surface area (Å²) in [6, 6.07) is 0. The average Bonchev–Trinajstić information content (AvgIpc) is 2.61. The Kier molecular flexibility index (Phi) is 3.29. The monoisotopic (exact) mass is 208 g/mol. The molecule has 14 heavy (non-hydrogen) atoms. The van der Waals surface area contributed by atoms with Gasteiger partial charge in [0.25, 0.3) is 0 Å². The molecule has 2 aliphatic rings. The Morgan fingerprint density at radius 2 is 1.79 bits per heavy atom. The zero-order valence-electron chi connectivity index (χ0n) is 9.19. The molecule has 2 saturated carbocycles. The van der Waals surface area contributed by atoms with Gasteiger partial charge in [-0.1, -0.05) is 6.42 Å². The van der Waals surface area contributed by atoms with Crippen molar-refractivity contribution in [1.82, 2.24) is 0 Å². The molecule has 2 bridgehead atoms. The molecule has 0 amide bonds. The molecule has 4 nitrogen and oxygen atoms in total. The minimum Gasteiger partial charge on any atom is -1.00 e. The molecule has 0 spiro atoms. The third-order valence-corrected chi connectivity index (χ3v) is 3.61. The summed E-state index contributed by atoms with van der Waals surface area (Å²) in [6.07, 6.45) is 2.90. The van der Waals surface area contributed by atoms with Crippen LogP contribution in [0, 0.1) is 17.3 Å². The average molecular weight is 208 g/mol. The van der Waals surface area contributed by atoms with Crippen molar-refractivity contribution in [1.29, 1.82) is 0 Å². The molecule has 2 aliphatic carbocycles. The number of aliphatic carboxylic acids is 2. The van der Waals surface area contributed by atoms with E-state index in [1.165, 1.54) is 0 Å². The van der Waals surface area contributed by atoms with Crippen LogP contribution in [0.1, 0.15) is 27.1 Å². The number of carboxylic acids is 2. The summed E-state index contributed by atoms with van der Waals surface area (Å²) in [5.74, 6) is -2.09. The minimum atomic E-state index is -1.46. The van der Waals surface area contributed by atoms with Gasteiger partial charge in [-0.2, -0.15) is 0 Å². The summed E-state index contributed by atoms with van der Waals surface area (Å²) in [5.41, 5.74) is -1.46. The van der Waals surface area contributed by atoms with Crippen LogP contribution in [0.3, 0.4) is 0 Å². The number of rotatable bonds is 2. The zero-order valence-corrected chi connectivity index (χ0v) is 10.2. The van der Waals surface area contributed by atoms with Gasteiger partial charge in [0.15, 0.2) is 5.41 Å². The van der Waals surface area contributed by atoms with E-state index in [1.54, 1.807) is 0 Å². The van der Waals surface area contributed by atoms with Crippen LogP contribution in [0.15, 0.2) is 0 Å². The second-order valence-electron chi connectivity index (χ2n) is 4.16. The summed E-state index contributed by atoms with van der Waals surface area (Å²) in [6.45, 7) is 0. The normalized spacial score (nSPS) is 32.3. The van der Waals surface area contributed by atoms with Crippen molar-refractivity contribution in [2.45, 2.75) is 25.7 Å². The van der Waals surface area contributed by atoms with Crippen molar-refractivity contribution >= 4 is 11.9 Å². The smallest absolute Gasteiger partial charge is 1.00 e. The van der Waals surface area contributed by atoms with Crippen LogP contribution in [0.2, 0.25) is 0 Å². The zero-order chi connectivity index (χ0) is 9.64. The molecule has 2 rings (SSSR count). The molecule has 2 N–H and O–H groups in total. The van der Waals surface area contributed by atoms with Gasteiger partial charge in [0, 0.05) is 0 Å². The van der Waals surface area contributed by atoms with E-state index in [0.717, 1.165) is 19.3 Å². The van der Waals surface area contributed by atoms with Crippen molar-refractivity contribution < 1.29 is 50.8 Å². The van der Waals surface area contributed by atoms with Gasteiger partial charge >= 0.3 is 41.5 Å². The Balaban J connectivity index is 0.000000980. The first-order chi connectivity index (χ1) is 6.07. The van der Waals surface area contributed by atoms with Crippen molar-refractivity contribution in [3.8, 4) is 0 Å². The fourth-order valence-corrected chi connectivity index (χ4v) is 2.95. The number of fused-ring (bicyclic) bond motifs is 2. The Hall–Kier alpha value is -0.0600. The van der Waals surface area contributed by atoms with E-state index in [0.29, 0.717) is 12.3 Å². The van der Waals surface area contributed by atoms with Crippen molar-refractivity contribution in [2.24, 2.45) is 17.3 Å². The molecule has 2 unspecified atom stereocenters. The topological polar surface area (TPSA) is 74.6 Å². The molecule has 0 radical (unpaired) electrons. The van der Waals surface area contributed by atoms with Crippen molar-refractivity contribution in [2.75, 3.05) is 0 Å². The van der Waals surface area contributed by atoms with E-state index >= 15 is 0 Å². The van der Waals surface area contributed by atoms with Crippen LogP contribution in [-0.4, -0.2) is 22.2 Å². The van der Waals surface area contributed by atoms with E-state index < -0.39 is 17.4 Å². The predicted octanol–water partition coefficient (Wildman–Crippen LogP) is -1.92. The Bertz CT molecular complexity index is 267. The maximum Gasteiger partial charge on any atom is 1.00 e. The van der Waals surface area contributed by atoms with Crippen LogP contribution >= 0.6 is 0 Å². The summed E-state index contributed by atoms with van der Waals surface area (Å²) in [7, 11) is 0. The van der Waals surface area contributed by atoms with Crippen LogP contribution in [0.25, 0.3) is 0 Å². The van der Waals surface area contributed by atoms with Crippen molar-refractivity contribution in [3.63, 3.8) is 0 Å². The quantitative estimate of drug-likeness (QED) is 0.410. The summed E-state index contributed by atoms with van der Waals surface area (Å²) >= 11 is 0. The molecule has 0 heterocycles. The van der Waals surface area contributed by atoms with E-state index in [-0.39, 0.29) is 36.9 Å². The molecule has 0 aromatic carbocycles.